The van der Waals surface area contributed by atoms with Crippen LogP contribution in [0.15, 0.2) is 18.2 Å². The fourth-order valence-corrected chi connectivity index (χ4v) is 2.07. The second-order valence-corrected chi connectivity index (χ2v) is 5.22. The van der Waals surface area contributed by atoms with Gasteiger partial charge in [-0.3, -0.25) is 0 Å². The Balaban J connectivity index is 2.48. The zero-order valence-electron chi connectivity index (χ0n) is 14.6. The van der Waals surface area contributed by atoms with Gasteiger partial charge >= 0.3 is 0 Å². The fourth-order valence-electron chi connectivity index (χ4n) is 2.07. The van der Waals surface area contributed by atoms with Gasteiger partial charge in [0, 0.05) is 14.1 Å². The Kier molecular flexibility index (Phi) is 5.74. The third-order valence-electron chi connectivity index (χ3n) is 3.20. The quantitative estimate of drug-likeness (QED) is 0.795. The third-order valence-corrected chi connectivity index (χ3v) is 3.20. The molecule has 1 heterocycles. The van der Waals surface area contributed by atoms with Gasteiger partial charge in [0.05, 0.1) is 19.3 Å². The Hall–Kier alpha value is -3.34. The summed E-state index contributed by atoms with van der Waals surface area (Å²) in [5.74, 6) is 1.87. The summed E-state index contributed by atoms with van der Waals surface area (Å²) in [6.45, 7) is 2.39. The van der Waals surface area contributed by atoms with Crippen LogP contribution in [0.5, 0.6) is 11.5 Å². The minimum atomic E-state index is 0.0552. The van der Waals surface area contributed by atoms with Gasteiger partial charge in [-0.2, -0.15) is 20.2 Å². The van der Waals surface area contributed by atoms with Gasteiger partial charge in [0.15, 0.2) is 17.3 Å². The number of anilines is 2. The van der Waals surface area contributed by atoms with Crippen LogP contribution in [0, 0.1) is 11.3 Å². The second kappa shape index (κ2) is 7.97. The Labute approximate surface area is 146 Å². The van der Waals surface area contributed by atoms with E-state index in [1.165, 1.54) is 0 Å². The van der Waals surface area contributed by atoms with Gasteiger partial charge < -0.3 is 20.1 Å². The molecule has 0 saturated carbocycles. The molecule has 2 rings (SSSR count). The number of allylic oxidation sites excluding steroid dienone is 1. The van der Waals surface area contributed by atoms with E-state index in [-0.39, 0.29) is 17.3 Å². The molecule has 130 valence electrons. The van der Waals surface area contributed by atoms with E-state index in [2.05, 4.69) is 21.0 Å². The van der Waals surface area contributed by atoms with E-state index in [0.717, 1.165) is 5.56 Å². The Bertz CT molecular complexity index is 826. The van der Waals surface area contributed by atoms with Crippen LogP contribution in [-0.2, 0) is 0 Å². The van der Waals surface area contributed by atoms with Crippen molar-refractivity contribution in [2.75, 3.05) is 38.4 Å². The van der Waals surface area contributed by atoms with Crippen LogP contribution < -0.4 is 20.1 Å². The Morgan fingerprint density at radius 1 is 1.28 bits per heavy atom. The molecule has 0 fully saturated rings. The van der Waals surface area contributed by atoms with E-state index in [4.69, 9.17) is 15.2 Å². The third kappa shape index (κ3) is 4.35. The predicted octanol–water partition coefficient (Wildman–Crippen LogP) is 1.99. The van der Waals surface area contributed by atoms with Gasteiger partial charge in [-0.15, -0.1) is 0 Å². The van der Waals surface area contributed by atoms with E-state index in [9.17, 15) is 5.26 Å². The molecule has 1 aromatic carbocycles. The molecule has 25 heavy (non-hydrogen) atoms. The number of ether oxygens (including phenoxy) is 2. The zero-order chi connectivity index (χ0) is 18.4. The number of hydrogen-bond acceptors (Lipinski definition) is 8. The number of nitrogens with two attached hydrogens (primary N) is 1. The van der Waals surface area contributed by atoms with Crippen LogP contribution in [0.2, 0.25) is 0 Å². The molecule has 0 unspecified atom stereocenters. The van der Waals surface area contributed by atoms with Crippen molar-refractivity contribution in [1.29, 1.82) is 5.26 Å². The summed E-state index contributed by atoms with van der Waals surface area (Å²) >= 11 is 0. The van der Waals surface area contributed by atoms with E-state index >= 15 is 0 Å². The maximum atomic E-state index is 9.51. The number of nitrogens with zero attached hydrogens (tertiary/aromatic N) is 5. The van der Waals surface area contributed by atoms with E-state index in [0.29, 0.717) is 24.1 Å². The lowest BCUT2D eigenvalue weighted by Crippen LogP contribution is -2.15. The smallest absolute Gasteiger partial charge is 0.230 e. The number of nitriles is 1. The number of aromatic nitrogens is 3. The molecule has 0 aliphatic carbocycles. The standard InChI is InChI=1S/C17H20N6O2/c1-5-25-14-9-11(6-7-13(14)24-4)8-12(10-18)15-20-16(19)22-17(21-15)23(2)3/h6-9H,5H2,1-4H3,(H2,19,20,21,22)/b12-8+. The molecule has 0 atom stereocenters. The van der Waals surface area contributed by atoms with Gasteiger partial charge in [-0.25, -0.2) is 0 Å². The van der Waals surface area contributed by atoms with Crippen LogP contribution in [0.4, 0.5) is 11.9 Å². The van der Waals surface area contributed by atoms with Crippen molar-refractivity contribution in [3.63, 3.8) is 0 Å². The van der Waals surface area contributed by atoms with Crippen molar-refractivity contribution >= 4 is 23.5 Å². The topological polar surface area (TPSA) is 110 Å². The average Bonchev–Trinajstić information content (AvgIpc) is 2.59. The lowest BCUT2D eigenvalue weighted by molar-refractivity contribution is 0.311. The van der Waals surface area contributed by atoms with Gasteiger partial charge in [0.25, 0.3) is 0 Å². The van der Waals surface area contributed by atoms with Gasteiger partial charge in [0.1, 0.15) is 6.07 Å². The first-order valence-corrected chi connectivity index (χ1v) is 7.60. The molecule has 0 aliphatic heterocycles. The first-order valence-electron chi connectivity index (χ1n) is 7.60. The molecule has 0 radical (unpaired) electrons. The van der Waals surface area contributed by atoms with E-state index in [1.807, 2.05) is 13.0 Å². The lowest BCUT2D eigenvalue weighted by Gasteiger charge is -2.11. The van der Waals surface area contributed by atoms with Crippen LogP contribution in [0.1, 0.15) is 18.3 Å². The molecule has 0 aliphatic rings. The molecule has 0 amide bonds. The number of benzene rings is 1. The molecule has 8 nitrogen and oxygen atoms in total. The summed E-state index contributed by atoms with van der Waals surface area (Å²) in [6, 6.07) is 7.48. The van der Waals surface area contributed by atoms with Crippen LogP contribution in [0.3, 0.4) is 0 Å². The fraction of sp³-hybridized carbons (Fsp3) is 0.294. The molecular formula is C17H20N6O2. The van der Waals surface area contributed by atoms with Crippen LogP contribution in [0.25, 0.3) is 11.6 Å². The van der Waals surface area contributed by atoms with Gasteiger partial charge in [-0.1, -0.05) is 6.07 Å². The summed E-state index contributed by atoms with van der Waals surface area (Å²) in [6.07, 6.45) is 1.66. The van der Waals surface area contributed by atoms with Crippen molar-refractivity contribution in [1.82, 2.24) is 15.0 Å². The normalized spacial score (nSPS) is 10.9. The summed E-state index contributed by atoms with van der Waals surface area (Å²) in [4.78, 5) is 14.0. The minimum Gasteiger partial charge on any atom is -0.493 e. The maximum absolute atomic E-state index is 9.51. The van der Waals surface area contributed by atoms with Crippen LogP contribution >= 0.6 is 0 Å². The lowest BCUT2D eigenvalue weighted by atomic mass is 10.1. The predicted molar refractivity (Wildman–Crippen MR) is 96.2 cm³/mol. The first kappa shape index (κ1) is 18.0. The molecule has 1 aromatic heterocycles. The van der Waals surface area contributed by atoms with Gasteiger partial charge in [-0.05, 0) is 30.7 Å². The minimum absolute atomic E-state index is 0.0552. The molecule has 8 heteroatoms. The second-order valence-electron chi connectivity index (χ2n) is 5.22. The summed E-state index contributed by atoms with van der Waals surface area (Å²) in [7, 11) is 5.14. The Morgan fingerprint density at radius 3 is 2.64 bits per heavy atom. The molecule has 2 N–H and O–H groups in total. The zero-order valence-corrected chi connectivity index (χ0v) is 14.6. The highest BCUT2D eigenvalue weighted by Crippen LogP contribution is 2.29. The molecule has 0 spiro atoms. The largest absolute Gasteiger partial charge is 0.493 e. The first-order chi connectivity index (χ1) is 12.0. The van der Waals surface area contributed by atoms with Crippen molar-refractivity contribution < 1.29 is 9.47 Å². The number of methoxy groups -OCH3 is 1. The average molecular weight is 340 g/mol. The highest BCUT2D eigenvalue weighted by Gasteiger charge is 2.12. The van der Waals surface area contributed by atoms with Crippen molar-refractivity contribution in [3.8, 4) is 17.6 Å². The van der Waals surface area contributed by atoms with Crippen molar-refractivity contribution in [3.05, 3.63) is 29.6 Å². The van der Waals surface area contributed by atoms with E-state index in [1.54, 1.807) is 44.3 Å². The highest BCUT2D eigenvalue weighted by molar-refractivity contribution is 5.87. The summed E-state index contributed by atoms with van der Waals surface area (Å²) in [5, 5.41) is 9.51. The number of hydrogen-bond donors (Lipinski definition) is 1. The molecule has 0 bridgehead atoms. The number of rotatable bonds is 6. The van der Waals surface area contributed by atoms with Crippen molar-refractivity contribution in [2.45, 2.75) is 6.92 Å². The summed E-state index contributed by atoms with van der Waals surface area (Å²) in [5.41, 5.74) is 6.75. The number of nitrogen functional groups attached to an aromatic ring is 1. The van der Waals surface area contributed by atoms with Crippen molar-refractivity contribution in [2.24, 2.45) is 0 Å². The van der Waals surface area contributed by atoms with Crippen LogP contribution in [-0.4, -0.2) is 42.8 Å². The van der Waals surface area contributed by atoms with Gasteiger partial charge in [0.2, 0.25) is 11.9 Å². The highest BCUT2D eigenvalue weighted by atomic mass is 16.5. The molecule has 2 aromatic rings. The molecule has 0 saturated heterocycles. The Morgan fingerprint density at radius 2 is 2.04 bits per heavy atom. The van der Waals surface area contributed by atoms with E-state index < -0.39 is 0 Å². The molecular weight excluding hydrogens is 320 g/mol. The summed E-state index contributed by atoms with van der Waals surface area (Å²) < 4.78 is 10.8. The maximum Gasteiger partial charge on any atom is 0.230 e. The SMILES string of the molecule is CCOc1cc(/C=C(\C#N)c2nc(N)nc(N(C)C)n2)ccc1OC. The monoisotopic (exact) mass is 340 g/mol.